The van der Waals surface area contributed by atoms with Crippen molar-refractivity contribution >= 4 is 5.97 Å². The molecule has 15 heavy (non-hydrogen) atoms. The van der Waals surface area contributed by atoms with Crippen LogP contribution < -0.4 is 5.84 Å². The smallest absolute Gasteiger partial charge is 0.353 e. The van der Waals surface area contributed by atoms with Gasteiger partial charge >= 0.3 is 5.97 Å². The van der Waals surface area contributed by atoms with E-state index < -0.39 is 5.97 Å². The molecule has 4 N–H and O–H groups in total. The molecule has 1 aliphatic heterocycles. The molecular formula is C9H16N4O2. The monoisotopic (exact) mass is 212 g/mol. The number of nitrogens with zero attached hydrogens (tertiary/aromatic N) is 2. The molecule has 1 aliphatic rings. The van der Waals surface area contributed by atoms with Crippen molar-refractivity contribution in [3.8, 4) is 0 Å². The fourth-order valence-electron chi connectivity index (χ4n) is 1.29. The SMILES string of the molecule is NN1CCCCC1.O=C(O)c1ccn[nH]1. The van der Waals surface area contributed by atoms with Crippen molar-refractivity contribution < 1.29 is 9.90 Å². The Morgan fingerprint density at radius 1 is 1.47 bits per heavy atom. The predicted octanol–water partition coefficient (Wildman–Crippen LogP) is 0.454. The molecule has 1 aromatic rings. The average molecular weight is 212 g/mol. The number of rotatable bonds is 1. The molecule has 2 rings (SSSR count). The van der Waals surface area contributed by atoms with Crippen LogP contribution in [-0.4, -0.2) is 39.4 Å². The van der Waals surface area contributed by atoms with Gasteiger partial charge in [0, 0.05) is 19.3 Å². The number of aromatic nitrogens is 2. The largest absolute Gasteiger partial charge is 0.477 e. The van der Waals surface area contributed by atoms with Crippen molar-refractivity contribution in [3.63, 3.8) is 0 Å². The van der Waals surface area contributed by atoms with Crippen molar-refractivity contribution in [2.24, 2.45) is 5.84 Å². The topological polar surface area (TPSA) is 95.2 Å². The highest BCUT2D eigenvalue weighted by Crippen LogP contribution is 2.03. The predicted molar refractivity (Wildman–Crippen MR) is 55.2 cm³/mol. The lowest BCUT2D eigenvalue weighted by atomic mass is 10.2. The number of aromatic amines is 1. The fourth-order valence-corrected chi connectivity index (χ4v) is 1.29. The molecule has 0 aromatic carbocycles. The lowest BCUT2D eigenvalue weighted by molar-refractivity contribution is 0.0690. The number of hydrogen-bond donors (Lipinski definition) is 3. The summed E-state index contributed by atoms with van der Waals surface area (Å²) in [6, 6.07) is 1.39. The molecule has 1 fully saturated rings. The molecule has 2 heterocycles. The summed E-state index contributed by atoms with van der Waals surface area (Å²) >= 11 is 0. The Kier molecular flexibility index (Phi) is 4.79. The fraction of sp³-hybridized carbons (Fsp3) is 0.556. The standard InChI is InChI=1S/C5H12N2.C4H4N2O2/c6-7-4-2-1-3-5-7;7-4(8)3-1-2-5-6-3/h1-6H2;1-2H,(H,5,6)(H,7,8). The van der Waals surface area contributed by atoms with Crippen LogP contribution in [0.2, 0.25) is 0 Å². The van der Waals surface area contributed by atoms with Crippen LogP contribution in [0.3, 0.4) is 0 Å². The first-order chi connectivity index (χ1) is 7.20. The van der Waals surface area contributed by atoms with Crippen LogP contribution in [0.4, 0.5) is 0 Å². The maximum atomic E-state index is 9.99. The molecule has 0 amide bonds. The van der Waals surface area contributed by atoms with Crippen molar-refractivity contribution in [1.82, 2.24) is 15.2 Å². The number of carboxylic acids is 1. The van der Waals surface area contributed by atoms with E-state index in [1.165, 1.54) is 31.5 Å². The lowest BCUT2D eigenvalue weighted by Crippen LogP contribution is -2.35. The number of carboxylic acid groups (broad SMARTS) is 1. The maximum absolute atomic E-state index is 9.99. The van der Waals surface area contributed by atoms with E-state index in [4.69, 9.17) is 10.9 Å². The third-order valence-electron chi connectivity index (χ3n) is 2.12. The second-order valence-electron chi connectivity index (χ2n) is 3.37. The van der Waals surface area contributed by atoms with Crippen LogP contribution in [-0.2, 0) is 0 Å². The van der Waals surface area contributed by atoms with E-state index in [0.29, 0.717) is 0 Å². The summed E-state index contributed by atoms with van der Waals surface area (Å²) < 4.78 is 0. The van der Waals surface area contributed by atoms with E-state index in [2.05, 4.69) is 10.2 Å². The summed E-state index contributed by atoms with van der Waals surface area (Å²) in [4.78, 5) is 9.99. The molecule has 6 heteroatoms. The Morgan fingerprint density at radius 3 is 2.40 bits per heavy atom. The van der Waals surface area contributed by atoms with Crippen LogP contribution in [0.15, 0.2) is 12.3 Å². The molecule has 0 aliphatic carbocycles. The first kappa shape index (κ1) is 11.7. The maximum Gasteiger partial charge on any atom is 0.353 e. The first-order valence-electron chi connectivity index (χ1n) is 4.92. The summed E-state index contributed by atoms with van der Waals surface area (Å²) in [5.74, 6) is 4.48. The lowest BCUT2D eigenvalue weighted by Gasteiger charge is -2.20. The second-order valence-corrected chi connectivity index (χ2v) is 3.37. The van der Waals surface area contributed by atoms with E-state index in [1.54, 1.807) is 0 Å². The zero-order valence-electron chi connectivity index (χ0n) is 8.52. The van der Waals surface area contributed by atoms with Gasteiger partial charge in [-0.15, -0.1) is 0 Å². The summed E-state index contributed by atoms with van der Waals surface area (Å²) in [6.45, 7) is 2.19. The van der Waals surface area contributed by atoms with Gasteiger partial charge in [0.05, 0.1) is 0 Å². The molecule has 0 saturated carbocycles. The van der Waals surface area contributed by atoms with Crippen LogP contribution in [0, 0.1) is 0 Å². The number of piperidine rings is 1. The molecule has 0 unspecified atom stereocenters. The number of hydrazine groups is 1. The molecule has 6 nitrogen and oxygen atoms in total. The van der Waals surface area contributed by atoms with Crippen LogP contribution in [0.25, 0.3) is 0 Å². The van der Waals surface area contributed by atoms with Crippen LogP contribution >= 0.6 is 0 Å². The Balaban J connectivity index is 0.000000151. The average Bonchev–Trinajstić information content (AvgIpc) is 2.72. The second kappa shape index (κ2) is 6.15. The van der Waals surface area contributed by atoms with Gasteiger partial charge in [0.2, 0.25) is 0 Å². The van der Waals surface area contributed by atoms with Gasteiger partial charge in [0.1, 0.15) is 5.69 Å². The molecule has 0 bridgehead atoms. The van der Waals surface area contributed by atoms with E-state index in [-0.39, 0.29) is 5.69 Å². The number of H-pyrrole nitrogens is 1. The minimum Gasteiger partial charge on any atom is -0.477 e. The zero-order chi connectivity index (χ0) is 11.1. The van der Waals surface area contributed by atoms with E-state index in [0.717, 1.165) is 13.1 Å². The van der Waals surface area contributed by atoms with Gasteiger partial charge in [-0.3, -0.25) is 10.9 Å². The van der Waals surface area contributed by atoms with Gasteiger partial charge < -0.3 is 5.11 Å². The summed E-state index contributed by atoms with van der Waals surface area (Å²) in [6.07, 6.45) is 5.34. The highest BCUT2D eigenvalue weighted by molar-refractivity contribution is 5.84. The van der Waals surface area contributed by atoms with Crippen molar-refractivity contribution in [2.75, 3.05) is 13.1 Å². The highest BCUT2D eigenvalue weighted by atomic mass is 16.4. The number of hydrogen-bond acceptors (Lipinski definition) is 4. The highest BCUT2D eigenvalue weighted by Gasteiger charge is 2.03. The Hall–Kier alpha value is -1.40. The summed E-state index contributed by atoms with van der Waals surface area (Å²) in [7, 11) is 0. The molecule has 84 valence electrons. The summed E-state index contributed by atoms with van der Waals surface area (Å²) in [5, 5.41) is 15.8. The van der Waals surface area contributed by atoms with Crippen LogP contribution in [0.1, 0.15) is 29.8 Å². The minimum absolute atomic E-state index is 0.116. The van der Waals surface area contributed by atoms with Crippen molar-refractivity contribution in [1.29, 1.82) is 0 Å². The van der Waals surface area contributed by atoms with Crippen LogP contribution in [0.5, 0.6) is 0 Å². The minimum atomic E-state index is -0.984. The molecule has 0 radical (unpaired) electrons. The molecule has 1 aromatic heterocycles. The Labute approximate surface area is 88.0 Å². The number of nitrogens with one attached hydrogen (secondary N) is 1. The number of carbonyl (C=O) groups is 1. The van der Waals surface area contributed by atoms with Crippen molar-refractivity contribution in [2.45, 2.75) is 19.3 Å². The zero-order valence-corrected chi connectivity index (χ0v) is 8.52. The summed E-state index contributed by atoms with van der Waals surface area (Å²) in [5.41, 5.74) is 0.116. The third kappa shape index (κ3) is 4.57. The van der Waals surface area contributed by atoms with Gasteiger partial charge in [-0.05, 0) is 18.9 Å². The van der Waals surface area contributed by atoms with Gasteiger partial charge in [-0.25, -0.2) is 9.80 Å². The quantitative estimate of drug-likeness (QED) is 0.587. The van der Waals surface area contributed by atoms with E-state index in [1.807, 2.05) is 5.01 Å². The molecular weight excluding hydrogens is 196 g/mol. The Morgan fingerprint density at radius 2 is 2.13 bits per heavy atom. The van der Waals surface area contributed by atoms with Gasteiger partial charge in [0.25, 0.3) is 0 Å². The number of aromatic carboxylic acids is 1. The third-order valence-corrected chi connectivity index (χ3v) is 2.12. The Bertz CT molecular complexity index is 280. The first-order valence-corrected chi connectivity index (χ1v) is 4.92. The van der Waals surface area contributed by atoms with Gasteiger partial charge in [0.15, 0.2) is 0 Å². The number of nitrogens with two attached hydrogens (primary N) is 1. The van der Waals surface area contributed by atoms with Gasteiger partial charge in [-0.2, -0.15) is 5.10 Å². The molecule has 0 spiro atoms. The van der Waals surface area contributed by atoms with E-state index >= 15 is 0 Å². The molecule has 1 saturated heterocycles. The van der Waals surface area contributed by atoms with E-state index in [9.17, 15) is 4.79 Å². The van der Waals surface area contributed by atoms with Gasteiger partial charge in [-0.1, -0.05) is 6.42 Å². The van der Waals surface area contributed by atoms with Crippen molar-refractivity contribution in [3.05, 3.63) is 18.0 Å². The molecule has 0 atom stereocenters. The normalized spacial score (nSPS) is 16.6.